The maximum Gasteiger partial charge on any atom is 0.336 e. The molecule has 1 aromatic carbocycles. The summed E-state index contributed by atoms with van der Waals surface area (Å²) >= 11 is 0. The molecular weight excluding hydrogens is 254 g/mol. The third-order valence-corrected chi connectivity index (χ3v) is 5.17. The van der Waals surface area contributed by atoms with E-state index in [4.69, 9.17) is 4.74 Å². The van der Waals surface area contributed by atoms with Crippen LogP contribution in [0, 0.1) is 11.8 Å². The first-order valence-electron chi connectivity index (χ1n) is 7.41. The van der Waals surface area contributed by atoms with E-state index in [1.54, 1.807) is 12.1 Å². The minimum atomic E-state index is -0.830. The standard InChI is InChI=1S/C16H19NO3/c18-16(19)11-4-2-1-3-10(11)7-17-8-12-13(9-17)15-6-5-14(12)20-15/h1-4,12-15H,5-9H2,(H,18,19)/t12-,13+,14+,15-. The van der Waals surface area contributed by atoms with E-state index in [9.17, 15) is 9.90 Å². The third kappa shape index (κ3) is 1.86. The number of hydrogen-bond acceptors (Lipinski definition) is 3. The highest BCUT2D eigenvalue weighted by molar-refractivity contribution is 5.89. The molecule has 0 unspecified atom stereocenters. The highest BCUT2D eigenvalue weighted by atomic mass is 16.5. The van der Waals surface area contributed by atoms with Crippen molar-refractivity contribution in [2.24, 2.45) is 11.8 Å². The normalized spacial score (nSPS) is 35.4. The minimum Gasteiger partial charge on any atom is -0.478 e. The first-order chi connectivity index (χ1) is 9.72. The van der Waals surface area contributed by atoms with Crippen LogP contribution in [0.4, 0.5) is 0 Å². The van der Waals surface area contributed by atoms with Crippen LogP contribution < -0.4 is 0 Å². The van der Waals surface area contributed by atoms with Crippen LogP contribution >= 0.6 is 0 Å². The maximum atomic E-state index is 11.3. The average molecular weight is 273 g/mol. The smallest absolute Gasteiger partial charge is 0.336 e. The molecule has 20 heavy (non-hydrogen) atoms. The molecule has 4 atom stereocenters. The molecule has 3 saturated heterocycles. The molecular formula is C16H19NO3. The van der Waals surface area contributed by atoms with Gasteiger partial charge in [0.2, 0.25) is 0 Å². The number of carboxylic acids is 1. The van der Waals surface area contributed by atoms with Crippen LogP contribution in [0.2, 0.25) is 0 Å². The molecule has 106 valence electrons. The zero-order valence-corrected chi connectivity index (χ0v) is 11.4. The zero-order chi connectivity index (χ0) is 13.7. The summed E-state index contributed by atoms with van der Waals surface area (Å²) in [4.78, 5) is 13.7. The minimum absolute atomic E-state index is 0.434. The largest absolute Gasteiger partial charge is 0.478 e. The van der Waals surface area contributed by atoms with Gasteiger partial charge < -0.3 is 9.84 Å². The summed E-state index contributed by atoms with van der Waals surface area (Å²) in [5.41, 5.74) is 1.36. The van der Waals surface area contributed by atoms with E-state index in [1.165, 1.54) is 12.8 Å². The van der Waals surface area contributed by atoms with Crippen LogP contribution in [-0.2, 0) is 11.3 Å². The van der Waals surface area contributed by atoms with Gasteiger partial charge in [-0.05, 0) is 24.5 Å². The molecule has 3 aliphatic heterocycles. The molecule has 4 nitrogen and oxygen atoms in total. The van der Waals surface area contributed by atoms with Gasteiger partial charge in [-0.15, -0.1) is 0 Å². The van der Waals surface area contributed by atoms with Crippen molar-refractivity contribution in [3.63, 3.8) is 0 Å². The van der Waals surface area contributed by atoms with E-state index < -0.39 is 5.97 Å². The number of aromatic carboxylic acids is 1. The predicted octanol–water partition coefficient (Wildman–Crippen LogP) is 1.99. The third-order valence-electron chi connectivity index (χ3n) is 5.17. The molecule has 0 aromatic heterocycles. The Morgan fingerprint density at radius 3 is 2.50 bits per heavy atom. The van der Waals surface area contributed by atoms with Crippen molar-refractivity contribution in [1.29, 1.82) is 0 Å². The van der Waals surface area contributed by atoms with Crippen molar-refractivity contribution >= 4 is 5.97 Å². The van der Waals surface area contributed by atoms with Crippen LogP contribution in [0.25, 0.3) is 0 Å². The molecule has 2 bridgehead atoms. The van der Waals surface area contributed by atoms with Crippen molar-refractivity contribution in [2.75, 3.05) is 13.1 Å². The zero-order valence-electron chi connectivity index (χ0n) is 11.4. The van der Waals surface area contributed by atoms with Crippen molar-refractivity contribution in [1.82, 2.24) is 4.90 Å². The number of benzene rings is 1. The Bertz CT molecular complexity index is 526. The molecule has 3 fully saturated rings. The Labute approximate surface area is 118 Å². The highest BCUT2D eigenvalue weighted by Gasteiger charge is 2.52. The molecule has 4 heteroatoms. The molecule has 1 aromatic rings. The molecule has 0 spiro atoms. The first-order valence-corrected chi connectivity index (χ1v) is 7.41. The van der Waals surface area contributed by atoms with E-state index in [2.05, 4.69) is 4.90 Å². The lowest BCUT2D eigenvalue weighted by molar-refractivity contribution is 0.0675. The summed E-state index contributed by atoms with van der Waals surface area (Å²) in [5, 5.41) is 9.26. The van der Waals surface area contributed by atoms with Crippen LogP contribution in [-0.4, -0.2) is 41.3 Å². The Kier molecular flexibility index (Phi) is 2.82. The Morgan fingerprint density at radius 1 is 1.20 bits per heavy atom. The average Bonchev–Trinajstić information content (AvgIpc) is 3.10. The maximum absolute atomic E-state index is 11.3. The van der Waals surface area contributed by atoms with Gasteiger partial charge in [-0.25, -0.2) is 4.79 Å². The molecule has 0 aliphatic carbocycles. The number of fused-ring (bicyclic) bond motifs is 5. The SMILES string of the molecule is O=C(O)c1ccccc1CN1C[C@@H]2[C@H](C1)[C@H]1CC[C@@H]2O1. The van der Waals surface area contributed by atoms with Gasteiger partial charge in [0.05, 0.1) is 17.8 Å². The van der Waals surface area contributed by atoms with Crippen LogP contribution in [0.1, 0.15) is 28.8 Å². The van der Waals surface area contributed by atoms with E-state index >= 15 is 0 Å². The van der Waals surface area contributed by atoms with E-state index in [0.717, 1.165) is 25.2 Å². The van der Waals surface area contributed by atoms with Crippen LogP contribution in [0.5, 0.6) is 0 Å². The van der Waals surface area contributed by atoms with Crippen molar-refractivity contribution in [2.45, 2.75) is 31.6 Å². The topological polar surface area (TPSA) is 49.8 Å². The predicted molar refractivity (Wildman–Crippen MR) is 73.6 cm³/mol. The van der Waals surface area contributed by atoms with Crippen molar-refractivity contribution < 1.29 is 14.6 Å². The Hall–Kier alpha value is -1.39. The van der Waals surface area contributed by atoms with Gasteiger partial charge in [-0.1, -0.05) is 18.2 Å². The fraction of sp³-hybridized carbons (Fsp3) is 0.562. The van der Waals surface area contributed by atoms with Crippen LogP contribution in [0.15, 0.2) is 24.3 Å². The van der Waals surface area contributed by atoms with Gasteiger partial charge in [0.25, 0.3) is 0 Å². The lowest BCUT2D eigenvalue weighted by atomic mass is 9.82. The summed E-state index contributed by atoms with van der Waals surface area (Å²) in [5.74, 6) is 0.514. The van der Waals surface area contributed by atoms with Crippen LogP contribution in [0.3, 0.4) is 0 Å². The summed E-state index contributed by atoms with van der Waals surface area (Å²) in [6, 6.07) is 7.34. The highest BCUT2D eigenvalue weighted by Crippen LogP contribution is 2.47. The van der Waals surface area contributed by atoms with Gasteiger partial charge in [-0.3, -0.25) is 4.90 Å². The molecule has 1 N–H and O–H groups in total. The molecule has 4 rings (SSSR count). The molecule has 0 radical (unpaired) electrons. The second-order valence-electron chi connectivity index (χ2n) is 6.27. The summed E-state index contributed by atoms with van der Waals surface area (Å²) in [6.07, 6.45) is 3.35. The van der Waals surface area contributed by atoms with Gasteiger partial charge in [0, 0.05) is 31.5 Å². The van der Waals surface area contributed by atoms with Gasteiger partial charge in [-0.2, -0.15) is 0 Å². The first kappa shape index (κ1) is 12.4. The number of carbonyl (C=O) groups is 1. The molecule has 3 heterocycles. The Balaban J connectivity index is 1.50. The van der Waals surface area contributed by atoms with Gasteiger partial charge >= 0.3 is 5.97 Å². The lowest BCUT2D eigenvalue weighted by Gasteiger charge is -2.19. The summed E-state index contributed by atoms with van der Waals surface area (Å²) in [6.45, 7) is 2.86. The number of rotatable bonds is 3. The second kappa shape index (κ2) is 4.57. The van der Waals surface area contributed by atoms with Crippen molar-refractivity contribution in [3.05, 3.63) is 35.4 Å². The number of likely N-dealkylation sites (tertiary alicyclic amines) is 1. The van der Waals surface area contributed by atoms with E-state index in [0.29, 0.717) is 29.6 Å². The number of ether oxygens (including phenoxy) is 1. The molecule has 0 amide bonds. The summed E-state index contributed by atoms with van der Waals surface area (Å²) < 4.78 is 5.98. The molecule has 3 aliphatic rings. The number of nitrogens with zero attached hydrogens (tertiary/aromatic N) is 1. The number of hydrogen-bond donors (Lipinski definition) is 1. The van der Waals surface area contributed by atoms with Gasteiger partial charge in [0.1, 0.15) is 0 Å². The summed E-state index contributed by atoms with van der Waals surface area (Å²) in [7, 11) is 0. The fourth-order valence-corrected chi connectivity index (χ4v) is 4.28. The van der Waals surface area contributed by atoms with Crippen molar-refractivity contribution in [3.8, 4) is 0 Å². The fourth-order valence-electron chi connectivity index (χ4n) is 4.28. The Morgan fingerprint density at radius 2 is 1.85 bits per heavy atom. The lowest BCUT2D eigenvalue weighted by Crippen LogP contribution is -2.25. The molecule has 0 saturated carbocycles. The quantitative estimate of drug-likeness (QED) is 0.915. The monoisotopic (exact) mass is 273 g/mol. The van der Waals surface area contributed by atoms with Gasteiger partial charge in [0.15, 0.2) is 0 Å². The van der Waals surface area contributed by atoms with E-state index in [-0.39, 0.29) is 0 Å². The number of carboxylic acid groups (broad SMARTS) is 1. The second-order valence-corrected chi connectivity index (χ2v) is 6.27. The van der Waals surface area contributed by atoms with E-state index in [1.807, 2.05) is 12.1 Å².